The maximum atomic E-state index is 13.4. The Balaban J connectivity index is 1.62. The van der Waals surface area contributed by atoms with Crippen LogP contribution in [0.25, 0.3) is 11.0 Å². The fourth-order valence-electron chi connectivity index (χ4n) is 4.96. The summed E-state index contributed by atoms with van der Waals surface area (Å²) in [6, 6.07) is 2.47. The lowest BCUT2D eigenvalue weighted by molar-refractivity contribution is -0.142. The quantitative estimate of drug-likeness (QED) is 0.217. The summed E-state index contributed by atoms with van der Waals surface area (Å²) in [5.74, 6) is -4.21. The summed E-state index contributed by atoms with van der Waals surface area (Å²) in [6.07, 6.45) is 0.238. The third-order valence-electron chi connectivity index (χ3n) is 7.37. The van der Waals surface area contributed by atoms with Gasteiger partial charge >= 0.3 is 11.6 Å². The molecule has 1 fully saturated rings. The Morgan fingerprint density at radius 2 is 1.66 bits per heavy atom. The molecule has 0 saturated carbocycles. The number of aliphatic carboxylic acids is 1. The minimum absolute atomic E-state index is 0.277. The largest absolute Gasteiger partial charge is 0.481 e. The molecule has 44 heavy (non-hydrogen) atoms. The average molecular weight is 614 g/mol. The second-order valence-electron chi connectivity index (χ2n) is 11.3. The van der Waals surface area contributed by atoms with E-state index >= 15 is 0 Å². The van der Waals surface area contributed by atoms with Gasteiger partial charge in [0.15, 0.2) is 0 Å². The molecule has 0 bridgehead atoms. The van der Waals surface area contributed by atoms with Gasteiger partial charge < -0.3 is 35.7 Å². The van der Waals surface area contributed by atoms with E-state index in [4.69, 9.17) is 9.52 Å². The zero-order valence-corrected chi connectivity index (χ0v) is 25.4. The highest BCUT2D eigenvalue weighted by Crippen LogP contribution is 2.22. The first-order valence-corrected chi connectivity index (χ1v) is 14.5. The SMILES string of the molecule is Cc1cc(=O)oc2cc(NC(=O)[C@@H](NC(=O)[C@@H]3CCCN3C(=O)[C@H](C)NC(=O)[C@H](C)NC(=O)CCC(=O)O)C(C)C)ccc12. The van der Waals surface area contributed by atoms with Gasteiger partial charge in [-0.15, -0.1) is 0 Å². The zero-order chi connectivity index (χ0) is 32.7. The molecule has 0 unspecified atom stereocenters. The predicted molar refractivity (Wildman–Crippen MR) is 159 cm³/mol. The first-order chi connectivity index (χ1) is 20.7. The lowest BCUT2D eigenvalue weighted by Gasteiger charge is -2.30. The molecule has 14 heteroatoms. The van der Waals surface area contributed by atoms with Crippen molar-refractivity contribution in [2.24, 2.45) is 5.92 Å². The number of fused-ring (bicyclic) bond motifs is 1. The molecule has 0 spiro atoms. The molecule has 1 aromatic carbocycles. The molecule has 2 aromatic rings. The second kappa shape index (κ2) is 14.6. The molecular weight excluding hydrogens is 574 g/mol. The number of rotatable bonds is 12. The van der Waals surface area contributed by atoms with E-state index in [0.717, 1.165) is 10.9 Å². The number of nitrogens with zero attached hydrogens (tertiary/aromatic N) is 1. The highest BCUT2D eigenvalue weighted by molar-refractivity contribution is 6.00. The highest BCUT2D eigenvalue weighted by atomic mass is 16.4. The Bertz CT molecular complexity index is 1500. The van der Waals surface area contributed by atoms with Gasteiger partial charge in [0.2, 0.25) is 29.5 Å². The van der Waals surface area contributed by atoms with Gasteiger partial charge in [0, 0.05) is 36.2 Å². The minimum Gasteiger partial charge on any atom is -0.481 e. The average Bonchev–Trinajstić information content (AvgIpc) is 3.43. The zero-order valence-electron chi connectivity index (χ0n) is 25.4. The van der Waals surface area contributed by atoms with Crippen LogP contribution in [-0.2, 0) is 28.8 Å². The number of carbonyl (C=O) groups is 6. The van der Waals surface area contributed by atoms with Crippen LogP contribution in [0.1, 0.15) is 58.9 Å². The number of likely N-dealkylation sites (tertiary alicyclic amines) is 1. The van der Waals surface area contributed by atoms with E-state index in [0.29, 0.717) is 24.1 Å². The van der Waals surface area contributed by atoms with Crippen LogP contribution in [0.5, 0.6) is 0 Å². The standard InChI is InChI=1S/C30H39N5O9/c1-15(2)26(29(42)33-19-8-9-20-16(3)13-25(39)44-22(20)14-19)34-28(41)21-7-6-12-35(21)30(43)18(5)32-27(40)17(4)31-23(36)10-11-24(37)38/h8-9,13-15,17-18,21,26H,6-7,10-12H2,1-5H3,(H,31,36)(H,32,40)(H,33,42)(H,34,41)(H,37,38)/t17-,18-,21-,26-/m0/s1. The Labute approximate surface area is 253 Å². The van der Waals surface area contributed by atoms with Crippen molar-refractivity contribution in [3.8, 4) is 0 Å². The first kappa shape index (κ1) is 33.7. The van der Waals surface area contributed by atoms with Gasteiger partial charge in [-0.25, -0.2) is 4.79 Å². The summed E-state index contributed by atoms with van der Waals surface area (Å²) >= 11 is 0. The molecule has 0 aliphatic carbocycles. The Hall–Kier alpha value is -4.75. The van der Waals surface area contributed by atoms with Gasteiger partial charge in [-0.2, -0.15) is 0 Å². The third kappa shape index (κ3) is 8.64. The summed E-state index contributed by atoms with van der Waals surface area (Å²) in [7, 11) is 0. The number of anilines is 1. The van der Waals surface area contributed by atoms with Crippen molar-refractivity contribution in [1.29, 1.82) is 0 Å². The number of hydrogen-bond donors (Lipinski definition) is 5. The van der Waals surface area contributed by atoms with Gasteiger partial charge in [0.25, 0.3) is 0 Å². The van der Waals surface area contributed by atoms with Crippen LogP contribution in [0.15, 0.2) is 33.5 Å². The summed E-state index contributed by atoms with van der Waals surface area (Å²) in [4.78, 5) is 88.0. The van der Waals surface area contributed by atoms with Crippen molar-refractivity contribution >= 4 is 52.2 Å². The summed E-state index contributed by atoms with van der Waals surface area (Å²) in [5, 5.41) is 19.9. The summed E-state index contributed by atoms with van der Waals surface area (Å²) in [6.45, 7) is 8.46. The molecule has 1 aliphatic rings. The number of hydrogen-bond acceptors (Lipinski definition) is 8. The number of benzene rings is 1. The van der Waals surface area contributed by atoms with E-state index in [1.165, 1.54) is 30.9 Å². The lowest BCUT2D eigenvalue weighted by atomic mass is 10.0. The molecule has 1 aliphatic heterocycles. The highest BCUT2D eigenvalue weighted by Gasteiger charge is 2.38. The van der Waals surface area contributed by atoms with Gasteiger partial charge in [0.05, 0.1) is 6.42 Å². The van der Waals surface area contributed by atoms with E-state index in [2.05, 4.69) is 21.3 Å². The smallest absolute Gasteiger partial charge is 0.336 e. The van der Waals surface area contributed by atoms with Crippen LogP contribution in [0, 0.1) is 12.8 Å². The Kier molecular flexibility index (Phi) is 11.2. The van der Waals surface area contributed by atoms with Crippen LogP contribution in [-0.4, -0.2) is 76.2 Å². The number of amides is 5. The van der Waals surface area contributed by atoms with Gasteiger partial charge in [-0.3, -0.25) is 28.8 Å². The van der Waals surface area contributed by atoms with Crippen molar-refractivity contribution in [2.45, 2.75) is 84.5 Å². The van der Waals surface area contributed by atoms with Crippen LogP contribution >= 0.6 is 0 Å². The lowest BCUT2D eigenvalue weighted by Crippen LogP contribution is -2.57. The summed E-state index contributed by atoms with van der Waals surface area (Å²) < 4.78 is 5.25. The summed E-state index contributed by atoms with van der Waals surface area (Å²) in [5.41, 5.74) is 0.921. The normalized spacial score (nSPS) is 16.6. The van der Waals surface area contributed by atoms with E-state index in [9.17, 15) is 33.6 Å². The number of carboxylic acids is 1. The molecule has 0 radical (unpaired) electrons. The van der Waals surface area contributed by atoms with E-state index in [1.807, 2.05) is 0 Å². The number of nitrogens with one attached hydrogen (secondary N) is 4. The molecular formula is C30H39N5O9. The minimum atomic E-state index is -1.14. The molecule has 5 N–H and O–H groups in total. The van der Waals surface area contributed by atoms with E-state index < -0.39 is 65.3 Å². The molecule has 5 amide bonds. The Morgan fingerprint density at radius 1 is 0.955 bits per heavy atom. The third-order valence-corrected chi connectivity index (χ3v) is 7.37. The molecule has 4 atom stereocenters. The molecule has 1 aromatic heterocycles. The van der Waals surface area contributed by atoms with Crippen LogP contribution in [0.3, 0.4) is 0 Å². The molecule has 3 rings (SSSR count). The van der Waals surface area contributed by atoms with Crippen molar-refractivity contribution < 1.29 is 38.3 Å². The van der Waals surface area contributed by atoms with Crippen LogP contribution < -0.4 is 26.9 Å². The number of aryl methyl sites for hydroxylation is 1. The maximum Gasteiger partial charge on any atom is 0.336 e. The van der Waals surface area contributed by atoms with Crippen molar-refractivity contribution in [3.05, 3.63) is 40.2 Å². The van der Waals surface area contributed by atoms with Crippen LogP contribution in [0.4, 0.5) is 5.69 Å². The molecule has 2 heterocycles. The van der Waals surface area contributed by atoms with Crippen molar-refractivity contribution in [3.63, 3.8) is 0 Å². The van der Waals surface area contributed by atoms with Gasteiger partial charge in [-0.1, -0.05) is 13.8 Å². The van der Waals surface area contributed by atoms with Crippen molar-refractivity contribution in [1.82, 2.24) is 20.9 Å². The van der Waals surface area contributed by atoms with Gasteiger partial charge in [-0.05, 0) is 57.2 Å². The predicted octanol–water partition coefficient (Wildman–Crippen LogP) is 1.05. The fraction of sp³-hybridized carbons (Fsp3) is 0.500. The molecule has 14 nitrogen and oxygen atoms in total. The van der Waals surface area contributed by atoms with Crippen molar-refractivity contribution in [2.75, 3.05) is 11.9 Å². The maximum absolute atomic E-state index is 13.4. The van der Waals surface area contributed by atoms with E-state index in [-0.39, 0.29) is 25.3 Å². The molecule has 238 valence electrons. The number of carbonyl (C=O) groups excluding carboxylic acids is 5. The fourth-order valence-corrected chi connectivity index (χ4v) is 4.96. The van der Waals surface area contributed by atoms with Gasteiger partial charge in [0.1, 0.15) is 29.8 Å². The van der Waals surface area contributed by atoms with E-state index in [1.54, 1.807) is 32.9 Å². The first-order valence-electron chi connectivity index (χ1n) is 14.5. The number of carboxylic acid groups (broad SMARTS) is 1. The topological polar surface area (TPSA) is 204 Å². The monoisotopic (exact) mass is 613 g/mol. The molecule has 1 saturated heterocycles. The van der Waals surface area contributed by atoms with Crippen LogP contribution in [0.2, 0.25) is 0 Å². The Morgan fingerprint density at radius 3 is 2.32 bits per heavy atom. The second-order valence-corrected chi connectivity index (χ2v) is 11.3.